The molecule has 0 fully saturated rings. The molecule has 0 unspecified atom stereocenters. The highest BCUT2D eigenvalue weighted by molar-refractivity contribution is 6.05. The van der Waals surface area contributed by atoms with Gasteiger partial charge in [-0.1, -0.05) is 12.1 Å². The van der Waals surface area contributed by atoms with E-state index in [1.165, 1.54) is 0 Å². The zero-order chi connectivity index (χ0) is 20.7. The van der Waals surface area contributed by atoms with Crippen molar-refractivity contribution in [2.24, 2.45) is 0 Å². The molecule has 0 saturated heterocycles. The zero-order valence-corrected chi connectivity index (χ0v) is 16.3. The number of carbonyl (C=O) groups excluding carboxylic acids is 1. The molecule has 2 aromatic heterocycles. The van der Waals surface area contributed by atoms with E-state index in [0.717, 1.165) is 33.2 Å². The Hall–Kier alpha value is -3.54. The van der Waals surface area contributed by atoms with Crippen molar-refractivity contribution in [1.82, 2.24) is 0 Å². The van der Waals surface area contributed by atoms with Gasteiger partial charge in [0.05, 0.1) is 13.4 Å². The molecule has 0 radical (unpaired) electrons. The van der Waals surface area contributed by atoms with E-state index in [9.17, 15) is 14.7 Å². The number of benzene rings is 2. The molecular weight excluding hydrogens is 372 g/mol. The van der Waals surface area contributed by atoms with Crippen LogP contribution in [0.1, 0.15) is 23.1 Å². The molecule has 0 atom stereocenters. The van der Waals surface area contributed by atoms with E-state index in [4.69, 9.17) is 13.6 Å². The van der Waals surface area contributed by atoms with Crippen LogP contribution in [-0.2, 0) is 11.2 Å². The van der Waals surface area contributed by atoms with Crippen LogP contribution in [0.5, 0.6) is 5.75 Å². The predicted molar refractivity (Wildman–Crippen MR) is 107 cm³/mol. The minimum atomic E-state index is -1.20. The van der Waals surface area contributed by atoms with Crippen LogP contribution in [0.3, 0.4) is 0 Å². The Bertz CT molecular complexity index is 1310. The first kappa shape index (κ1) is 18.8. The SMILES string of the molecule is COc1cccc(-c2coc3c(C)c4oc(=O)c(CCC(=O)[O-])c(C)c4cc23)c1. The maximum Gasteiger partial charge on any atom is 0.339 e. The molecular formula is C23H19O6-. The second-order valence-corrected chi connectivity index (χ2v) is 7.00. The Morgan fingerprint density at radius 2 is 1.90 bits per heavy atom. The molecule has 0 amide bonds. The minimum Gasteiger partial charge on any atom is -0.550 e. The molecule has 0 saturated carbocycles. The van der Waals surface area contributed by atoms with Crippen LogP contribution < -0.4 is 15.5 Å². The number of rotatable bonds is 5. The number of hydrogen-bond acceptors (Lipinski definition) is 6. The third-order valence-corrected chi connectivity index (χ3v) is 5.30. The van der Waals surface area contributed by atoms with Crippen molar-refractivity contribution in [2.75, 3.05) is 7.11 Å². The number of ether oxygens (including phenoxy) is 1. The van der Waals surface area contributed by atoms with E-state index >= 15 is 0 Å². The molecule has 0 aliphatic heterocycles. The molecule has 4 rings (SSSR count). The Labute approximate surface area is 166 Å². The van der Waals surface area contributed by atoms with Crippen molar-refractivity contribution in [3.05, 3.63) is 63.7 Å². The van der Waals surface area contributed by atoms with E-state index in [2.05, 4.69) is 0 Å². The molecule has 0 aliphatic rings. The lowest BCUT2D eigenvalue weighted by molar-refractivity contribution is -0.305. The number of fused-ring (bicyclic) bond motifs is 2. The summed E-state index contributed by atoms with van der Waals surface area (Å²) in [4.78, 5) is 23.3. The Morgan fingerprint density at radius 3 is 2.62 bits per heavy atom. The van der Waals surface area contributed by atoms with Crippen molar-refractivity contribution < 1.29 is 23.5 Å². The summed E-state index contributed by atoms with van der Waals surface area (Å²) in [5, 5.41) is 12.5. The lowest BCUT2D eigenvalue weighted by atomic mass is 9.97. The summed E-state index contributed by atoms with van der Waals surface area (Å²) >= 11 is 0. The van der Waals surface area contributed by atoms with E-state index in [1.54, 1.807) is 20.3 Å². The third-order valence-electron chi connectivity index (χ3n) is 5.30. The smallest absolute Gasteiger partial charge is 0.339 e. The number of carboxylic acid groups (broad SMARTS) is 1. The van der Waals surface area contributed by atoms with Crippen LogP contribution in [-0.4, -0.2) is 13.1 Å². The van der Waals surface area contributed by atoms with Gasteiger partial charge in [-0.05, 0) is 56.0 Å². The fraction of sp³-hybridized carbons (Fsp3) is 0.217. The molecule has 4 aromatic rings. The monoisotopic (exact) mass is 391 g/mol. The topological polar surface area (TPSA) is 92.7 Å². The van der Waals surface area contributed by atoms with E-state index < -0.39 is 11.6 Å². The van der Waals surface area contributed by atoms with Crippen molar-refractivity contribution in [2.45, 2.75) is 26.7 Å². The van der Waals surface area contributed by atoms with Gasteiger partial charge < -0.3 is 23.5 Å². The summed E-state index contributed by atoms with van der Waals surface area (Å²) in [7, 11) is 1.61. The summed E-state index contributed by atoms with van der Waals surface area (Å²) in [6, 6.07) is 9.59. The van der Waals surface area contributed by atoms with Crippen LogP contribution in [0.15, 0.2) is 50.2 Å². The first-order valence-electron chi connectivity index (χ1n) is 9.22. The molecule has 6 nitrogen and oxygen atoms in total. The maximum absolute atomic E-state index is 12.4. The summed E-state index contributed by atoms with van der Waals surface area (Å²) < 4.78 is 16.7. The predicted octanol–water partition coefficient (Wildman–Crippen LogP) is 3.51. The standard InChI is InChI=1S/C23H20O6/c1-12-16(7-8-20(24)25)23(26)29-22-13(2)21-18(10-17(12)22)19(11-28-21)14-5-4-6-15(9-14)27-3/h4-6,9-11H,7-8H2,1-3H3,(H,24,25)/p-1. The average Bonchev–Trinajstić information content (AvgIpc) is 3.13. The summed E-state index contributed by atoms with van der Waals surface area (Å²) in [6.07, 6.45) is 1.51. The van der Waals surface area contributed by atoms with Gasteiger partial charge in [0.1, 0.15) is 16.9 Å². The third kappa shape index (κ3) is 3.16. The van der Waals surface area contributed by atoms with Crippen molar-refractivity contribution >= 4 is 27.9 Å². The molecule has 0 aliphatic carbocycles. The maximum atomic E-state index is 12.4. The van der Waals surface area contributed by atoms with Gasteiger partial charge in [0.2, 0.25) is 0 Å². The van der Waals surface area contributed by atoms with Gasteiger partial charge >= 0.3 is 5.63 Å². The van der Waals surface area contributed by atoms with Gasteiger partial charge in [-0.3, -0.25) is 0 Å². The Balaban J connectivity index is 1.98. The Morgan fingerprint density at radius 1 is 1.10 bits per heavy atom. The Kier molecular flexibility index (Phi) is 4.62. The van der Waals surface area contributed by atoms with Gasteiger partial charge in [0, 0.05) is 33.4 Å². The molecule has 2 heterocycles. The lowest BCUT2D eigenvalue weighted by Crippen LogP contribution is -2.24. The zero-order valence-electron chi connectivity index (χ0n) is 16.3. The van der Waals surface area contributed by atoms with Gasteiger partial charge in [0.25, 0.3) is 0 Å². The molecule has 29 heavy (non-hydrogen) atoms. The largest absolute Gasteiger partial charge is 0.550 e. The van der Waals surface area contributed by atoms with Gasteiger partial charge in [-0.2, -0.15) is 0 Å². The highest BCUT2D eigenvalue weighted by atomic mass is 16.5. The van der Waals surface area contributed by atoms with Gasteiger partial charge in [-0.25, -0.2) is 4.79 Å². The highest BCUT2D eigenvalue weighted by Crippen LogP contribution is 2.38. The fourth-order valence-corrected chi connectivity index (χ4v) is 3.73. The normalized spacial score (nSPS) is 11.3. The number of aryl methyl sites for hydroxylation is 2. The number of furan rings is 1. The van der Waals surface area contributed by atoms with Crippen molar-refractivity contribution in [3.63, 3.8) is 0 Å². The quantitative estimate of drug-likeness (QED) is 0.483. The second-order valence-electron chi connectivity index (χ2n) is 7.00. The van der Waals surface area contributed by atoms with Crippen LogP contribution >= 0.6 is 0 Å². The molecule has 148 valence electrons. The molecule has 0 spiro atoms. The lowest BCUT2D eigenvalue weighted by Gasteiger charge is -2.10. The van der Waals surface area contributed by atoms with Crippen LogP contribution in [0, 0.1) is 13.8 Å². The number of hydrogen-bond donors (Lipinski definition) is 0. The number of methoxy groups -OCH3 is 1. The van der Waals surface area contributed by atoms with Crippen molar-refractivity contribution in [1.29, 1.82) is 0 Å². The molecule has 0 N–H and O–H groups in total. The van der Waals surface area contributed by atoms with E-state index in [-0.39, 0.29) is 12.8 Å². The molecule has 2 aromatic carbocycles. The average molecular weight is 391 g/mol. The van der Waals surface area contributed by atoms with E-state index in [0.29, 0.717) is 22.3 Å². The van der Waals surface area contributed by atoms with Gasteiger partial charge in [-0.15, -0.1) is 0 Å². The van der Waals surface area contributed by atoms with Crippen molar-refractivity contribution in [3.8, 4) is 16.9 Å². The highest BCUT2D eigenvalue weighted by Gasteiger charge is 2.19. The summed E-state index contributed by atoms with van der Waals surface area (Å²) in [5.74, 6) is -0.466. The number of carboxylic acids is 1. The van der Waals surface area contributed by atoms with Crippen LogP contribution in [0.2, 0.25) is 0 Å². The summed E-state index contributed by atoms with van der Waals surface area (Å²) in [5.41, 5.74) is 4.17. The molecule has 0 bridgehead atoms. The number of aliphatic carboxylic acids is 1. The van der Waals surface area contributed by atoms with Gasteiger partial charge in [0.15, 0.2) is 0 Å². The fourth-order valence-electron chi connectivity index (χ4n) is 3.73. The summed E-state index contributed by atoms with van der Waals surface area (Å²) in [6.45, 7) is 3.65. The number of carbonyl (C=O) groups is 1. The molecule has 6 heteroatoms. The van der Waals surface area contributed by atoms with Crippen LogP contribution in [0.4, 0.5) is 0 Å². The first-order chi connectivity index (χ1) is 13.9. The first-order valence-corrected chi connectivity index (χ1v) is 9.22. The minimum absolute atomic E-state index is 0.0671. The van der Waals surface area contributed by atoms with E-state index in [1.807, 2.05) is 37.3 Å². The second kappa shape index (κ2) is 7.13. The van der Waals surface area contributed by atoms with Crippen LogP contribution in [0.25, 0.3) is 33.1 Å².